The Hall–Kier alpha value is -1.77. The lowest BCUT2D eigenvalue weighted by Gasteiger charge is -2.10. The molecule has 3 rings (SSSR count). The highest BCUT2D eigenvalue weighted by molar-refractivity contribution is 5.91. The van der Waals surface area contributed by atoms with Crippen LogP contribution in [0.5, 0.6) is 0 Å². The van der Waals surface area contributed by atoms with Crippen molar-refractivity contribution in [3.63, 3.8) is 0 Å². The predicted molar refractivity (Wildman–Crippen MR) is 67.1 cm³/mol. The normalized spacial score (nSPS) is 25.9. The summed E-state index contributed by atoms with van der Waals surface area (Å²) in [6, 6.07) is 0. The van der Waals surface area contributed by atoms with E-state index in [-0.39, 0.29) is 12.1 Å². The van der Waals surface area contributed by atoms with Gasteiger partial charge in [-0.1, -0.05) is 11.6 Å². The fourth-order valence-electron chi connectivity index (χ4n) is 2.63. The van der Waals surface area contributed by atoms with Crippen molar-refractivity contribution >= 4 is 5.97 Å². The van der Waals surface area contributed by atoms with Crippen LogP contribution >= 0.6 is 0 Å². The number of aryl methyl sites for hydroxylation is 1. The van der Waals surface area contributed by atoms with Crippen molar-refractivity contribution in [1.82, 2.24) is 0 Å². The van der Waals surface area contributed by atoms with E-state index in [9.17, 15) is 4.79 Å². The van der Waals surface area contributed by atoms with E-state index in [2.05, 4.69) is 13.0 Å². The van der Waals surface area contributed by atoms with E-state index in [0.717, 1.165) is 41.7 Å². The van der Waals surface area contributed by atoms with E-state index < -0.39 is 0 Å². The molecule has 94 valence electrons. The van der Waals surface area contributed by atoms with Gasteiger partial charge in [0.05, 0.1) is 6.26 Å². The molecule has 2 heterocycles. The Labute approximate surface area is 106 Å². The molecule has 2 aliphatic rings. The topological polar surface area (TPSA) is 39.4 Å². The minimum absolute atomic E-state index is 0.181. The highest BCUT2D eigenvalue weighted by atomic mass is 16.5. The fourth-order valence-corrected chi connectivity index (χ4v) is 2.63. The Kier molecular flexibility index (Phi) is 2.62. The summed E-state index contributed by atoms with van der Waals surface area (Å²) in [4.78, 5) is 11.8. The van der Waals surface area contributed by atoms with Crippen LogP contribution in [0, 0.1) is 6.92 Å². The molecule has 2 bridgehead atoms. The van der Waals surface area contributed by atoms with Crippen LogP contribution in [-0.2, 0) is 16.0 Å². The molecule has 0 radical (unpaired) electrons. The highest BCUT2D eigenvalue weighted by Crippen LogP contribution is 2.36. The summed E-state index contributed by atoms with van der Waals surface area (Å²) in [6.07, 6.45) is 8.04. The number of hydrogen-bond acceptors (Lipinski definition) is 3. The van der Waals surface area contributed by atoms with Crippen LogP contribution in [0.2, 0.25) is 0 Å². The highest BCUT2D eigenvalue weighted by Gasteiger charge is 2.30. The molecule has 0 saturated heterocycles. The second kappa shape index (κ2) is 4.16. The molecule has 0 spiro atoms. The van der Waals surface area contributed by atoms with Crippen molar-refractivity contribution in [1.29, 1.82) is 0 Å². The Morgan fingerprint density at radius 1 is 1.33 bits per heavy atom. The van der Waals surface area contributed by atoms with E-state index in [1.54, 1.807) is 6.26 Å². The first-order chi connectivity index (χ1) is 8.65. The predicted octanol–water partition coefficient (Wildman–Crippen LogP) is 3.39. The van der Waals surface area contributed by atoms with Gasteiger partial charge in [0.2, 0.25) is 0 Å². The average Bonchev–Trinajstić information content (AvgIpc) is 2.83. The first-order valence-electron chi connectivity index (χ1n) is 6.29. The van der Waals surface area contributed by atoms with Crippen molar-refractivity contribution in [3.05, 3.63) is 46.4 Å². The van der Waals surface area contributed by atoms with Crippen molar-refractivity contribution in [2.45, 2.75) is 39.2 Å². The van der Waals surface area contributed by atoms with E-state index in [1.807, 2.05) is 13.0 Å². The van der Waals surface area contributed by atoms with Gasteiger partial charge in [0.1, 0.15) is 11.9 Å². The number of furan rings is 1. The SMILES string of the molecule is C/C1=C/CCC2=CC(OC2=O)c2c(C)coc2C1. The number of fused-ring (bicyclic) bond motifs is 3. The molecule has 1 aliphatic heterocycles. The summed E-state index contributed by atoms with van der Waals surface area (Å²) in [5.41, 5.74) is 4.14. The van der Waals surface area contributed by atoms with Gasteiger partial charge >= 0.3 is 5.97 Å². The van der Waals surface area contributed by atoms with Crippen molar-refractivity contribution in [3.8, 4) is 0 Å². The average molecular weight is 244 g/mol. The minimum Gasteiger partial charge on any atom is -0.468 e. The summed E-state index contributed by atoms with van der Waals surface area (Å²) in [5, 5.41) is 0. The van der Waals surface area contributed by atoms with Gasteiger partial charge in [-0.15, -0.1) is 0 Å². The second-order valence-electron chi connectivity index (χ2n) is 5.04. The maximum absolute atomic E-state index is 11.8. The molecule has 1 unspecified atom stereocenters. The molecular weight excluding hydrogens is 228 g/mol. The van der Waals surface area contributed by atoms with Gasteiger partial charge in [0, 0.05) is 17.6 Å². The Bertz CT molecular complexity index is 560. The van der Waals surface area contributed by atoms with Crippen LogP contribution in [0.3, 0.4) is 0 Å². The molecular formula is C15H16O3. The van der Waals surface area contributed by atoms with E-state index in [0.29, 0.717) is 0 Å². The van der Waals surface area contributed by atoms with Crippen LogP contribution in [0.1, 0.15) is 42.8 Å². The standard InChI is InChI=1S/C15H16O3/c1-9-4-3-5-11-7-13(18-15(11)16)14-10(2)8-17-12(14)6-9/h4,7-8,13H,3,5-6H2,1-2H3/b9-4-. The Balaban J connectivity index is 2.10. The number of hydrogen-bond donors (Lipinski definition) is 0. The van der Waals surface area contributed by atoms with Gasteiger partial charge in [-0.3, -0.25) is 0 Å². The lowest BCUT2D eigenvalue weighted by atomic mass is 9.98. The summed E-state index contributed by atoms with van der Waals surface area (Å²) < 4.78 is 11.1. The molecule has 1 aromatic heterocycles. The molecule has 3 nitrogen and oxygen atoms in total. The maximum Gasteiger partial charge on any atom is 0.334 e. The van der Waals surface area contributed by atoms with Crippen molar-refractivity contribution in [2.24, 2.45) is 0 Å². The zero-order valence-electron chi connectivity index (χ0n) is 10.7. The number of allylic oxidation sites excluding steroid dienone is 2. The lowest BCUT2D eigenvalue weighted by Crippen LogP contribution is -2.04. The van der Waals surface area contributed by atoms with Crippen molar-refractivity contribution < 1.29 is 13.9 Å². The first-order valence-corrected chi connectivity index (χ1v) is 6.29. The molecule has 1 atom stereocenters. The monoisotopic (exact) mass is 244 g/mol. The molecule has 0 aromatic carbocycles. The lowest BCUT2D eigenvalue weighted by molar-refractivity contribution is -0.140. The fraction of sp³-hybridized carbons (Fsp3) is 0.400. The molecule has 1 aromatic rings. The zero-order chi connectivity index (χ0) is 12.7. The number of carbonyl (C=O) groups is 1. The second-order valence-corrected chi connectivity index (χ2v) is 5.04. The molecule has 18 heavy (non-hydrogen) atoms. The number of carbonyl (C=O) groups excluding carboxylic acids is 1. The number of esters is 1. The van der Waals surface area contributed by atoms with Gasteiger partial charge < -0.3 is 9.15 Å². The van der Waals surface area contributed by atoms with Crippen LogP contribution < -0.4 is 0 Å². The minimum atomic E-state index is -0.257. The third-order valence-electron chi connectivity index (χ3n) is 3.58. The van der Waals surface area contributed by atoms with Gasteiger partial charge in [-0.05, 0) is 38.3 Å². The number of rotatable bonds is 0. The summed E-state index contributed by atoms with van der Waals surface area (Å²) in [5.74, 6) is 0.734. The Morgan fingerprint density at radius 2 is 2.17 bits per heavy atom. The zero-order valence-corrected chi connectivity index (χ0v) is 10.7. The van der Waals surface area contributed by atoms with Crippen LogP contribution in [0.25, 0.3) is 0 Å². The summed E-state index contributed by atoms with van der Waals surface area (Å²) in [6.45, 7) is 4.09. The van der Waals surface area contributed by atoms with Gasteiger partial charge in [-0.25, -0.2) is 4.79 Å². The maximum atomic E-state index is 11.8. The van der Waals surface area contributed by atoms with Crippen LogP contribution in [0.15, 0.2) is 34.0 Å². The third kappa shape index (κ3) is 1.80. The molecule has 0 amide bonds. The smallest absolute Gasteiger partial charge is 0.334 e. The molecule has 3 heteroatoms. The molecule has 1 aliphatic carbocycles. The van der Waals surface area contributed by atoms with E-state index >= 15 is 0 Å². The molecule has 0 fully saturated rings. The quantitative estimate of drug-likeness (QED) is 0.518. The largest absolute Gasteiger partial charge is 0.468 e. The van der Waals surface area contributed by atoms with Gasteiger partial charge in [0.15, 0.2) is 0 Å². The summed E-state index contributed by atoms with van der Waals surface area (Å²) in [7, 11) is 0. The molecule has 0 saturated carbocycles. The van der Waals surface area contributed by atoms with Gasteiger partial charge in [0.25, 0.3) is 0 Å². The van der Waals surface area contributed by atoms with Crippen LogP contribution in [-0.4, -0.2) is 5.97 Å². The van der Waals surface area contributed by atoms with Crippen molar-refractivity contribution in [2.75, 3.05) is 0 Å². The van der Waals surface area contributed by atoms with E-state index in [4.69, 9.17) is 9.15 Å². The van der Waals surface area contributed by atoms with Crippen LogP contribution in [0.4, 0.5) is 0 Å². The van der Waals surface area contributed by atoms with Gasteiger partial charge in [-0.2, -0.15) is 0 Å². The van der Waals surface area contributed by atoms with E-state index in [1.165, 1.54) is 5.57 Å². The summed E-state index contributed by atoms with van der Waals surface area (Å²) >= 11 is 0. The molecule has 0 N–H and O–H groups in total. The third-order valence-corrected chi connectivity index (χ3v) is 3.58. The Morgan fingerprint density at radius 3 is 3.00 bits per heavy atom. The number of ether oxygens (including phenoxy) is 1. The first kappa shape index (κ1) is 11.3.